The third kappa shape index (κ3) is 7.06. The van der Waals surface area contributed by atoms with E-state index in [1.54, 1.807) is 30.3 Å². The van der Waals surface area contributed by atoms with E-state index in [0.717, 1.165) is 27.8 Å². The van der Waals surface area contributed by atoms with Crippen LogP contribution >= 0.6 is 0 Å². The molecule has 0 aliphatic rings. The van der Waals surface area contributed by atoms with Crippen molar-refractivity contribution in [3.05, 3.63) is 131 Å². The lowest BCUT2D eigenvalue weighted by atomic mass is 10.0. The van der Waals surface area contributed by atoms with E-state index in [-0.39, 0.29) is 23.8 Å². The average Bonchev–Trinajstić information content (AvgIpc) is 3.00. The number of sulfonamides is 1. The first-order chi connectivity index (χ1) is 20.1. The highest BCUT2D eigenvalue weighted by atomic mass is 32.2. The molecule has 218 valence electrons. The molecule has 4 aromatic rings. The zero-order valence-corrected chi connectivity index (χ0v) is 25.3. The molecule has 4 rings (SSSR count). The Morgan fingerprint density at radius 1 is 0.762 bits per heavy atom. The monoisotopic (exact) mass is 583 g/mol. The van der Waals surface area contributed by atoms with Crippen molar-refractivity contribution < 1.29 is 18.0 Å². The van der Waals surface area contributed by atoms with Crippen LogP contribution in [0.25, 0.3) is 0 Å². The van der Waals surface area contributed by atoms with Crippen molar-refractivity contribution in [2.75, 3.05) is 17.9 Å². The number of aryl methyl sites for hydroxylation is 2. The number of benzene rings is 4. The van der Waals surface area contributed by atoms with Crippen LogP contribution in [-0.2, 0) is 32.6 Å². The van der Waals surface area contributed by atoms with Crippen LogP contribution in [0.2, 0.25) is 0 Å². The minimum Gasteiger partial charge on any atom is -0.357 e. The van der Waals surface area contributed by atoms with Gasteiger partial charge in [-0.05, 0) is 61.2 Å². The van der Waals surface area contributed by atoms with Crippen LogP contribution in [0.1, 0.15) is 27.8 Å². The van der Waals surface area contributed by atoms with Gasteiger partial charge in [-0.25, -0.2) is 8.42 Å². The van der Waals surface area contributed by atoms with Gasteiger partial charge in [0.05, 0.1) is 10.6 Å². The first-order valence-corrected chi connectivity index (χ1v) is 15.3. The fourth-order valence-electron chi connectivity index (χ4n) is 4.85. The molecule has 4 aromatic carbocycles. The number of likely N-dealkylation sites (N-methyl/N-ethyl adjacent to an activating group) is 1. The highest BCUT2D eigenvalue weighted by Gasteiger charge is 2.34. The van der Waals surface area contributed by atoms with Gasteiger partial charge in [-0.1, -0.05) is 90.5 Å². The number of hydrogen-bond donors (Lipinski definition) is 1. The Balaban J connectivity index is 1.81. The molecule has 0 aliphatic heterocycles. The van der Waals surface area contributed by atoms with Gasteiger partial charge < -0.3 is 10.2 Å². The summed E-state index contributed by atoms with van der Waals surface area (Å²) < 4.78 is 29.3. The van der Waals surface area contributed by atoms with Crippen LogP contribution in [0, 0.1) is 20.8 Å². The zero-order valence-electron chi connectivity index (χ0n) is 24.4. The number of rotatable bonds is 11. The number of hydrogen-bond acceptors (Lipinski definition) is 4. The van der Waals surface area contributed by atoms with Crippen LogP contribution in [0.15, 0.2) is 108 Å². The van der Waals surface area contributed by atoms with Crippen molar-refractivity contribution in [2.24, 2.45) is 0 Å². The predicted octanol–water partition coefficient (Wildman–Crippen LogP) is 5.19. The summed E-state index contributed by atoms with van der Waals surface area (Å²) in [6, 6.07) is 29.8. The minimum absolute atomic E-state index is 0.0796. The maximum absolute atomic E-state index is 14.4. The highest BCUT2D eigenvalue weighted by molar-refractivity contribution is 7.92. The molecule has 0 aromatic heterocycles. The Morgan fingerprint density at radius 2 is 1.38 bits per heavy atom. The number of amides is 2. The molecule has 1 N–H and O–H groups in total. The molecule has 7 nitrogen and oxygen atoms in total. The molecule has 1 unspecified atom stereocenters. The lowest BCUT2D eigenvalue weighted by molar-refractivity contribution is -0.139. The van der Waals surface area contributed by atoms with Gasteiger partial charge in [0.15, 0.2) is 0 Å². The summed E-state index contributed by atoms with van der Waals surface area (Å²) in [6.45, 7) is 5.38. The van der Waals surface area contributed by atoms with Crippen LogP contribution < -0.4 is 9.62 Å². The third-order valence-corrected chi connectivity index (χ3v) is 9.22. The maximum atomic E-state index is 14.4. The summed E-state index contributed by atoms with van der Waals surface area (Å²) >= 11 is 0. The normalized spacial score (nSPS) is 11.9. The van der Waals surface area contributed by atoms with E-state index in [2.05, 4.69) is 5.32 Å². The minimum atomic E-state index is -4.13. The Hall–Kier alpha value is -4.43. The van der Waals surface area contributed by atoms with Gasteiger partial charge in [0.25, 0.3) is 10.0 Å². The standard InChI is InChI=1S/C34H37N3O4S/c1-25-18-20-29(21-19-25)23-36(32(34(39)35-4)22-28-13-7-5-8-14-28)33(38)24-37(31-17-11-12-26(2)27(31)3)42(40,41)30-15-9-6-10-16-30/h5-21,32H,22-24H2,1-4H3,(H,35,39). The zero-order chi connectivity index (χ0) is 30.3. The largest absolute Gasteiger partial charge is 0.357 e. The van der Waals surface area contributed by atoms with Gasteiger partial charge in [-0.2, -0.15) is 0 Å². The van der Waals surface area contributed by atoms with Gasteiger partial charge in [-0.15, -0.1) is 0 Å². The molecule has 1 atom stereocenters. The summed E-state index contributed by atoms with van der Waals surface area (Å²) in [5.41, 5.74) is 4.86. The van der Waals surface area contributed by atoms with Crippen LogP contribution in [0.5, 0.6) is 0 Å². The van der Waals surface area contributed by atoms with Gasteiger partial charge in [-0.3, -0.25) is 13.9 Å². The fourth-order valence-corrected chi connectivity index (χ4v) is 6.34. The molecule has 0 aliphatic carbocycles. The molecule has 0 saturated heterocycles. The molecule has 0 radical (unpaired) electrons. The van der Waals surface area contributed by atoms with Crippen molar-refractivity contribution in [3.63, 3.8) is 0 Å². The van der Waals surface area contributed by atoms with Gasteiger partial charge >= 0.3 is 0 Å². The number of nitrogens with one attached hydrogen (secondary N) is 1. The summed E-state index contributed by atoms with van der Waals surface area (Å²) in [5.74, 6) is -0.816. The lowest BCUT2D eigenvalue weighted by Crippen LogP contribution is -2.53. The topological polar surface area (TPSA) is 86.8 Å². The predicted molar refractivity (Wildman–Crippen MR) is 167 cm³/mol. The van der Waals surface area contributed by atoms with Gasteiger partial charge in [0.1, 0.15) is 12.6 Å². The summed E-state index contributed by atoms with van der Waals surface area (Å²) in [7, 11) is -2.59. The molecule has 0 heterocycles. The molecular formula is C34H37N3O4S. The van der Waals surface area contributed by atoms with Crippen molar-refractivity contribution >= 4 is 27.5 Å². The molecule has 0 fully saturated rings. The molecular weight excluding hydrogens is 546 g/mol. The van der Waals surface area contributed by atoms with Crippen molar-refractivity contribution in [1.29, 1.82) is 0 Å². The number of anilines is 1. The van der Waals surface area contributed by atoms with Gasteiger partial charge in [0.2, 0.25) is 11.8 Å². The maximum Gasteiger partial charge on any atom is 0.264 e. The van der Waals surface area contributed by atoms with E-state index in [9.17, 15) is 18.0 Å². The van der Waals surface area contributed by atoms with Crippen LogP contribution in [-0.4, -0.2) is 44.8 Å². The Kier molecular flexibility index (Phi) is 9.80. The van der Waals surface area contributed by atoms with E-state index in [1.807, 2.05) is 81.4 Å². The first kappa shape index (κ1) is 30.5. The van der Waals surface area contributed by atoms with Crippen LogP contribution in [0.4, 0.5) is 5.69 Å². The number of carbonyl (C=O) groups is 2. The fraction of sp³-hybridized carbons (Fsp3) is 0.235. The SMILES string of the molecule is CNC(=O)C(Cc1ccccc1)N(Cc1ccc(C)cc1)C(=O)CN(c1cccc(C)c1C)S(=O)(=O)c1ccccc1. The van der Waals surface area contributed by atoms with E-state index >= 15 is 0 Å². The van der Waals surface area contributed by atoms with Crippen LogP contribution in [0.3, 0.4) is 0 Å². The Morgan fingerprint density at radius 3 is 2.00 bits per heavy atom. The third-order valence-electron chi connectivity index (χ3n) is 7.45. The van der Waals surface area contributed by atoms with Crippen molar-refractivity contribution in [3.8, 4) is 0 Å². The van der Waals surface area contributed by atoms with E-state index in [4.69, 9.17) is 0 Å². The Labute approximate surface area is 248 Å². The Bertz CT molecular complexity index is 1620. The molecule has 8 heteroatoms. The molecule has 0 bridgehead atoms. The number of nitrogens with zero attached hydrogens (tertiary/aromatic N) is 2. The summed E-state index contributed by atoms with van der Waals surface area (Å²) in [5, 5.41) is 2.71. The average molecular weight is 584 g/mol. The number of carbonyl (C=O) groups excluding carboxylic acids is 2. The highest BCUT2D eigenvalue weighted by Crippen LogP contribution is 2.29. The van der Waals surface area contributed by atoms with E-state index in [1.165, 1.54) is 28.4 Å². The summed E-state index contributed by atoms with van der Waals surface area (Å²) in [4.78, 5) is 29.3. The van der Waals surface area contributed by atoms with Crippen molar-refractivity contribution in [1.82, 2.24) is 10.2 Å². The molecule has 0 spiro atoms. The van der Waals surface area contributed by atoms with Crippen molar-refractivity contribution in [2.45, 2.75) is 44.7 Å². The second-order valence-electron chi connectivity index (χ2n) is 10.4. The smallest absolute Gasteiger partial charge is 0.264 e. The van der Waals surface area contributed by atoms with E-state index in [0.29, 0.717) is 5.69 Å². The molecule has 42 heavy (non-hydrogen) atoms. The lowest BCUT2D eigenvalue weighted by Gasteiger charge is -2.34. The second kappa shape index (κ2) is 13.5. The van der Waals surface area contributed by atoms with Gasteiger partial charge in [0, 0.05) is 20.0 Å². The van der Waals surface area contributed by atoms with E-state index < -0.39 is 28.5 Å². The quantitative estimate of drug-likeness (QED) is 0.263. The summed E-state index contributed by atoms with van der Waals surface area (Å²) in [6.07, 6.45) is 0.271. The second-order valence-corrected chi connectivity index (χ2v) is 12.2. The molecule has 0 saturated carbocycles. The molecule has 2 amide bonds. The first-order valence-electron chi connectivity index (χ1n) is 13.9.